The average molecular weight is 308 g/mol. The molecule has 0 saturated carbocycles. The third kappa shape index (κ3) is 2.14. The summed E-state index contributed by atoms with van der Waals surface area (Å²) >= 11 is 7.23. The summed E-state index contributed by atoms with van der Waals surface area (Å²) in [6.45, 7) is 0. The third-order valence-electron chi connectivity index (χ3n) is 2.68. The summed E-state index contributed by atoms with van der Waals surface area (Å²) in [5.74, 6) is -0.0214. The van der Waals surface area contributed by atoms with Gasteiger partial charge in [-0.05, 0) is 12.1 Å². The van der Waals surface area contributed by atoms with Crippen LogP contribution in [0.4, 0.5) is 0 Å². The quantitative estimate of drug-likeness (QED) is 0.728. The van der Waals surface area contributed by atoms with Gasteiger partial charge in [0.25, 0.3) is 5.91 Å². The van der Waals surface area contributed by atoms with E-state index < -0.39 is 0 Å². The molecule has 1 amide bonds. The Hall–Kier alpha value is -1.99. The molecule has 0 atom stereocenters. The van der Waals surface area contributed by atoms with E-state index in [1.54, 1.807) is 26.2 Å². The number of carbonyl (C=O) groups is 1. The Kier molecular flexibility index (Phi) is 3.15. The van der Waals surface area contributed by atoms with Crippen molar-refractivity contribution in [2.24, 2.45) is 0 Å². The fourth-order valence-corrected chi connectivity index (χ4v) is 2.63. The van der Waals surface area contributed by atoms with Gasteiger partial charge in [0.05, 0.1) is 0 Å². The smallest absolute Gasteiger partial charge is 0.293 e. The van der Waals surface area contributed by atoms with Crippen molar-refractivity contribution in [2.75, 3.05) is 14.1 Å². The maximum absolute atomic E-state index is 12.0. The van der Waals surface area contributed by atoms with Crippen molar-refractivity contribution in [3.63, 3.8) is 0 Å². The van der Waals surface area contributed by atoms with Crippen molar-refractivity contribution >= 4 is 33.8 Å². The van der Waals surface area contributed by atoms with Gasteiger partial charge in [0, 0.05) is 24.7 Å². The monoisotopic (exact) mass is 307 g/mol. The van der Waals surface area contributed by atoms with E-state index in [9.17, 15) is 4.79 Å². The second-order valence-corrected chi connectivity index (χ2v) is 5.72. The van der Waals surface area contributed by atoms with Crippen LogP contribution in [0.3, 0.4) is 0 Å². The van der Waals surface area contributed by atoms with E-state index in [1.165, 1.54) is 20.8 Å². The Bertz CT molecular complexity index is 777. The molecule has 2 heterocycles. The first-order valence-electron chi connectivity index (χ1n) is 5.76. The minimum atomic E-state index is -0.231. The Morgan fingerprint density at radius 1 is 1.25 bits per heavy atom. The average Bonchev–Trinajstić information content (AvgIpc) is 2.98. The number of halogens is 1. The topological polar surface area (TPSA) is 63.4 Å². The number of hydrogen-bond acceptors (Lipinski definition) is 5. The molecule has 102 valence electrons. The molecule has 0 aliphatic carbocycles. The second-order valence-electron chi connectivity index (χ2n) is 4.33. The zero-order chi connectivity index (χ0) is 14.3. The van der Waals surface area contributed by atoms with Crippen LogP contribution in [0.25, 0.3) is 15.5 Å². The van der Waals surface area contributed by atoms with Crippen LogP contribution in [0.2, 0.25) is 5.02 Å². The van der Waals surface area contributed by atoms with Crippen LogP contribution in [0, 0.1) is 0 Å². The predicted molar refractivity (Wildman–Crippen MR) is 77.1 cm³/mol. The van der Waals surface area contributed by atoms with Gasteiger partial charge in [-0.1, -0.05) is 35.1 Å². The van der Waals surface area contributed by atoms with Crippen LogP contribution in [-0.4, -0.2) is 44.7 Å². The summed E-state index contributed by atoms with van der Waals surface area (Å²) in [6, 6.07) is 7.35. The molecule has 2 aromatic heterocycles. The molecule has 3 aromatic rings. The van der Waals surface area contributed by atoms with Crippen molar-refractivity contribution in [1.29, 1.82) is 0 Å². The summed E-state index contributed by atoms with van der Waals surface area (Å²) < 4.78 is 1.47. The van der Waals surface area contributed by atoms with Crippen LogP contribution in [-0.2, 0) is 0 Å². The number of amides is 1. The van der Waals surface area contributed by atoms with Crippen molar-refractivity contribution in [2.45, 2.75) is 0 Å². The van der Waals surface area contributed by atoms with Gasteiger partial charge >= 0.3 is 0 Å². The molecular formula is C12H10ClN5OS. The molecule has 0 aliphatic rings. The molecule has 6 nitrogen and oxygen atoms in total. The van der Waals surface area contributed by atoms with E-state index in [1.807, 2.05) is 12.1 Å². The van der Waals surface area contributed by atoms with Gasteiger partial charge in [-0.25, -0.2) is 0 Å². The number of benzene rings is 1. The minimum Gasteiger partial charge on any atom is -0.342 e. The number of fused-ring (bicyclic) bond motifs is 1. The van der Waals surface area contributed by atoms with E-state index in [0.29, 0.717) is 9.98 Å². The van der Waals surface area contributed by atoms with Crippen molar-refractivity contribution in [3.05, 3.63) is 35.1 Å². The molecule has 3 rings (SSSR count). The fraction of sp³-hybridized carbons (Fsp3) is 0.167. The van der Waals surface area contributed by atoms with E-state index >= 15 is 0 Å². The Morgan fingerprint density at radius 3 is 2.60 bits per heavy atom. The van der Waals surface area contributed by atoms with Gasteiger partial charge in [0.2, 0.25) is 10.8 Å². The fourth-order valence-electron chi connectivity index (χ4n) is 1.66. The van der Waals surface area contributed by atoms with Gasteiger partial charge in [0.15, 0.2) is 0 Å². The number of rotatable bonds is 2. The zero-order valence-electron chi connectivity index (χ0n) is 10.7. The first kappa shape index (κ1) is 13.0. The molecule has 1 aromatic carbocycles. The lowest BCUT2D eigenvalue weighted by Gasteiger charge is -2.06. The number of carbonyl (C=O) groups excluding carboxylic acids is 1. The molecular weight excluding hydrogens is 298 g/mol. The van der Waals surface area contributed by atoms with Gasteiger partial charge in [-0.2, -0.15) is 9.61 Å². The maximum atomic E-state index is 12.0. The largest absolute Gasteiger partial charge is 0.342 e. The Balaban J connectivity index is 2.07. The summed E-state index contributed by atoms with van der Waals surface area (Å²) in [5.41, 5.74) is 0.924. The Morgan fingerprint density at radius 2 is 1.95 bits per heavy atom. The number of aromatic nitrogens is 4. The van der Waals surface area contributed by atoms with E-state index in [-0.39, 0.29) is 11.7 Å². The van der Waals surface area contributed by atoms with Gasteiger partial charge in [-0.3, -0.25) is 4.79 Å². The summed E-state index contributed by atoms with van der Waals surface area (Å²) in [6.07, 6.45) is 0. The molecule has 8 heteroatoms. The summed E-state index contributed by atoms with van der Waals surface area (Å²) in [4.78, 5) is 14.0. The highest BCUT2D eigenvalue weighted by Gasteiger charge is 2.19. The normalized spacial score (nSPS) is 10.9. The Labute approximate surface area is 123 Å². The van der Waals surface area contributed by atoms with Crippen LogP contribution >= 0.6 is 22.9 Å². The predicted octanol–water partition coefficient (Wildman–Crippen LogP) is 2.21. The van der Waals surface area contributed by atoms with E-state index in [4.69, 9.17) is 11.6 Å². The van der Waals surface area contributed by atoms with E-state index in [0.717, 1.165) is 10.6 Å². The zero-order valence-corrected chi connectivity index (χ0v) is 12.3. The highest BCUT2D eigenvalue weighted by Crippen LogP contribution is 2.26. The minimum absolute atomic E-state index is 0.210. The van der Waals surface area contributed by atoms with Gasteiger partial charge in [-0.15, -0.1) is 10.2 Å². The molecule has 20 heavy (non-hydrogen) atoms. The van der Waals surface area contributed by atoms with Crippen molar-refractivity contribution in [3.8, 4) is 10.6 Å². The molecule has 0 aliphatic heterocycles. The maximum Gasteiger partial charge on any atom is 0.293 e. The van der Waals surface area contributed by atoms with Crippen molar-refractivity contribution in [1.82, 2.24) is 24.7 Å². The summed E-state index contributed by atoms with van der Waals surface area (Å²) in [7, 11) is 3.33. The molecule has 0 saturated heterocycles. The highest BCUT2D eigenvalue weighted by molar-refractivity contribution is 7.19. The van der Waals surface area contributed by atoms with Crippen LogP contribution < -0.4 is 0 Å². The summed E-state index contributed by atoms with van der Waals surface area (Å²) in [5, 5.41) is 13.7. The number of hydrogen-bond donors (Lipinski definition) is 0. The van der Waals surface area contributed by atoms with Gasteiger partial charge in [0.1, 0.15) is 5.01 Å². The van der Waals surface area contributed by atoms with Crippen LogP contribution in [0.15, 0.2) is 24.3 Å². The van der Waals surface area contributed by atoms with Crippen molar-refractivity contribution < 1.29 is 4.79 Å². The lowest BCUT2D eigenvalue weighted by molar-refractivity contribution is 0.0813. The second kappa shape index (κ2) is 4.84. The number of nitrogens with zero attached hydrogens (tertiary/aromatic N) is 5. The standard InChI is InChI=1S/C12H10ClN5OS/c1-17(2)11(19)9-14-15-12-18(9)16-10(20-12)7-3-5-8(13)6-4-7/h3-6H,1-2H3. The van der Waals surface area contributed by atoms with Crippen LogP contribution in [0.5, 0.6) is 0 Å². The molecule has 0 radical (unpaired) electrons. The molecule has 0 N–H and O–H groups in total. The molecule has 0 spiro atoms. The first-order valence-corrected chi connectivity index (χ1v) is 6.95. The van der Waals surface area contributed by atoms with Crippen LogP contribution in [0.1, 0.15) is 10.6 Å². The molecule has 0 fully saturated rings. The third-order valence-corrected chi connectivity index (χ3v) is 3.88. The highest BCUT2D eigenvalue weighted by atomic mass is 35.5. The molecule has 0 unspecified atom stereocenters. The van der Waals surface area contributed by atoms with E-state index in [2.05, 4.69) is 15.3 Å². The SMILES string of the molecule is CN(C)C(=O)c1nnc2sc(-c3ccc(Cl)cc3)nn12. The lowest BCUT2D eigenvalue weighted by Crippen LogP contribution is -2.24. The first-order chi connectivity index (χ1) is 9.56. The van der Waals surface area contributed by atoms with Gasteiger partial charge < -0.3 is 4.90 Å². The molecule has 0 bridgehead atoms. The lowest BCUT2D eigenvalue weighted by atomic mass is 10.2.